The van der Waals surface area contributed by atoms with E-state index in [0.717, 1.165) is 70.6 Å². The van der Waals surface area contributed by atoms with Gasteiger partial charge in [0.05, 0.1) is 38.6 Å². The second-order valence-corrected chi connectivity index (χ2v) is 26.7. The van der Waals surface area contributed by atoms with E-state index in [1.165, 1.54) is 161 Å². The smallest absolute Gasteiger partial charge is 0.220 e. The van der Waals surface area contributed by atoms with E-state index in [-0.39, 0.29) is 18.9 Å². The Labute approximate surface area is 578 Å². The molecule has 12 N–H and O–H groups in total. The highest BCUT2D eigenvalue weighted by atomic mass is 16.8. The van der Waals surface area contributed by atoms with Crippen LogP contribution in [0.1, 0.15) is 264 Å². The highest BCUT2D eigenvalue weighted by molar-refractivity contribution is 5.76. The molecule has 3 heterocycles. The Morgan fingerprint density at radius 2 is 0.729 bits per heavy atom. The first-order valence-electron chi connectivity index (χ1n) is 37.8. The van der Waals surface area contributed by atoms with Crippen LogP contribution >= 0.6 is 0 Å². The van der Waals surface area contributed by atoms with E-state index in [1.807, 2.05) is 6.08 Å². The second-order valence-electron chi connectivity index (χ2n) is 26.7. The maximum Gasteiger partial charge on any atom is 0.220 e. The van der Waals surface area contributed by atoms with Crippen LogP contribution in [0.4, 0.5) is 0 Å². The van der Waals surface area contributed by atoms with Crippen LogP contribution in [0.3, 0.4) is 0 Å². The molecule has 3 aliphatic rings. The van der Waals surface area contributed by atoms with Crippen LogP contribution in [0.25, 0.3) is 0 Å². The molecule has 0 radical (unpaired) electrons. The number of carbonyl (C=O) groups is 1. The van der Waals surface area contributed by atoms with Crippen molar-refractivity contribution in [3.63, 3.8) is 0 Å². The first-order chi connectivity index (χ1) is 46.8. The third-order valence-corrected chi connectivity index (χ3v) is 18.4. The Hall–Kier alpha value is -3.03. The van der Waals surface area contributed by atoms with Gasteiger partial charge >= 0.3 is 0 Å². The van der Waals surface area contributed by atoms with E-state index in [9.17, 15) is 61.0 Å². The fourth-order valence-corrected chi connectivity index (χ4v) is 12.4. The minimum atomic E-state index is -1.98. The van der Waals surface area contributed by atoms with Crippen LogP contribution in [0, 0.1) is 0 Å². The molecule has 0 aromatic carbocycles. The number of amides is 1. The Morgan fingerprint density at radius 3 is 1.17 bits per heavy atom. The largest absolute Gasteiger partial charge is 0.394 e. The maximum absolute atomic E-state index is 13.4. The number of aliphatic hydroxyl groups excluding tert-OH is 11. The molecule has 96 heavy (non-hydrogen) atoms. The van der Waals surface area contributed by atoms with Crippen molar-refractivity contribution >= 4 is 5.91 Å². The van der Waals surface area contributed by atoms with Gasteiger partial charge in [-0.05, 0) is 77.0 Å². The predicted octanol–water partition coefficient (Wildman–Crippen LogP) is 11.4. The molecule has 3 aliphatic heterocycles. The monoisotopic (exact) mass is 1360 g/mol. The summed E-state index contributed by atoms with van der Waals surface area (Å²) in [5.41, 5.74) is 0. The average Bonchev–Trinajstić information content (AvgIpc) is 0.787. The summed E-state index contributed by atoms with van der Waals surface area (Å²) in [4.78, 5) is 13.4. The molecule has 0 saturated carbocycles. The maximum atomic E-state index is 13.4. The van der Waals surface area contributed by atoms with Crippen LogP contribution in [-0.2, 0) is 33.2 Å². The number of aliphatic hydroxyl groups is 11. The minimum Gasteiger partial charge on any atom is -0.394 e. The third-order valence-electron chi connectivity index (χ3n) is 18.4. The summed E-state index contributed by atoms with van der Waals surface area (Å²) < 4.78 is 34.3. The van der Waals surface area contributed by atoms with Crippen LogP contribution in [0.15, 0.2) is 85.1 Å². The molecule has 3 rings (SSSR count). The lowest BCUT2D eigenvalue weighted by atomic mass is 9.96. The number of unbranched alkanes of at least 4 members (excludes halogenated alkanes) is 30. The quantitative estimate of drug-likeness (QED) is 0.0199. The highest BCUT2D eigenvalue weighted by Crippen LogP contribution is 2.33. The van der Waals surface area contributed by atoms with Gasteiger partial charge in [-0.25, -0.2) is 0 Å². The van der Waals surface area contributed by atoms with E-state index < -0.39 is 124 Å². The molecule has 0 aromatic heterocycles. The zero-order chi connectivity index (χ0) is 69.6. The van der Waals surface area contributed by atoms with Crippen LogP contribution < -0.4 is 5.32 Å². The number of nitrogens with one attached hydrogen (secondary N) is 1. The van der Waals surface area contributed by atoms with Crippen LogP contribution in [0.5, 0.6) is 0 Å². The SMILES string of the molecule is CC/C=C\C/C=C\C/C=C\C/C=C\C/C=C\CCCCCCCCCCCCCCCCCCCCCCCCCC(=O)NC(COC1OC(CO)C(OC2OC(CO)C(OC3OC(CO)C(O)C(O)C3O)C(O)C2O)C(O)C1O)C(O)/C=C/CC/C=C/CCCCCCCC. The van der Waals surface area contributed by atoms with Gasteiger partial charge < -0.3 is 89.9 Å². The fourth-order valence-electron chi connectivity index (χ4n) is 12.4. The summed E-state index contributed by atoms with van der Waals surface area (Å²) in [5.74, 6) is -0.285. The zero-order valence-corrected chi connectivity index (χ0v) is 59.1. The minimum absolute atomic E-state index is 0.236. The summed E-state index contributed by atoms with van der Waals surface area (Å²) in [6.07, 6.45) is 48.9. The normalized spacial score (nSPS) is 27.5. The van der Waals surface area contributed by atoms with Crippen molar-refractivity contribution in [2.45, 2.75) is 369 Å². The third kappa shape index (κ3) is 38.1. The molecule has 3 fully saturated rings. The lowest BCUT2D eigenvalue weighted by Crippen LogP contribution is -2.66. The molecule has 19 nitrogen and oxygen atoms in total. The summed E-state index contributed by atoms with van der Waals surface area (Å²) in [7, 11) is 0. The highest BCUT2D eigenvalue weighted by Gasteiger charge is 2.53. The van der Waals surface area contributed by atoms with Crippen molar-refractivity contribution in [2.75, 3.05) is 26.4 Å². The van der Waals surface area contributed by atoms with E-state index in [4.69, 9.17) is 28.4 Å². The lowest BCUT2D eigenvalue weighted by Gasteiger charge is -2.48. The van der Waals surface area contributed by atoms with Crippen molar-refractivity contribution in [2.24, 2.45) is 0 Å². The Kier molecular flexibility index (Phi) is 52.3. The summed E-state index contributed by atoms with van der Waals surface area (Å²) in [6, 6.07) is -0.990. The van der Waals surface area contributed by atoms with Crippen molar-refractivity contribution in [1.29, 1.82) is 0 Å². The standard InChI is InChI=1S/C77H135NO18/c1-3-5-7-9-11-13-15-17-18-19-20-21-22-23-24-25-26-27-28-29-30-31-32-33-34-35-36-37-38-39-40-41-42-43-45-47-49-51-53-55-65(83)78-60(61(82)54-52-50-48-46-44-16-14-12-10-8-6-4-2)59-91-75-71(89)68(86)73(63(57-80)93-75)96-77-72(90)69(87)74(64(58-81)94-77)95-76-70(88)67(85)66(84)62(56-79)92-76/h5,7,11,13,17-18,20-21,23-24,44,46,52,54,60-64,66-77,79-82,84-90H,3-4,6,8-10,12,14-16,19,22,25-43,45,47-51,53,55-59H2,1-2H3,(H,78,83)/b7-5-,13-11-,18-17-,21-20-,24-23-,46-44+,54-52+. The van der Waals surface area contributed by atoms with Crippen molar-refractivity contribution in [3.8, 4) is 0 Å². The van der Waals surface area contributed by atoms with Crippen molar-refractivity contribution in [1.82, 2.24) is 5.32 Å². The Balaban J connectivity index is 1.29. The van der Waals surface area contributed by atoms with E-state index in [0.29, 0.717) is 12.8 Å². The fraction of sp³-hybridized carbons (Fsp3) is 0.805. The number of allylic oxidation sites excluding steroid dienone is 13. The number of rotatable bonds is 58. The average molecular weight is 1360 g/mol. The van der Waals surface area contributed by atoms with E-state index >= 15 is 0 Å². The molecule has 0 aromatic rings. The van der Waals surface area contributed by atoms with Gasteiger partial charge in [-0.3, -0.25) is 4.79 Å². The Bertz CT molecular complexity index is 2070. The molecular formula is C77H135NO18. The molecule has 3 saturated heterocycles. The topological polar surface area (TPSA) is 307 Å². The number of carbonyl (C=O) groups excluding carboxylic acids is 1. The van der Waals surface area contributed by atoms with Crippen molar-refractivity contribution in [3.05, 3.63) is 85.1 Å². The van der Waals surface area contributed by atoms with Gasteiger partial charge in [0.1, 0.15) is 73.2 Å². The molecule has 0 aliphatic carbocycles. The molecule has 17 atom stereocenters. The first-order valence-corrected chi connectivity index (χ1v) is 37.8. The molecule has 0 spiro atoms. The number of hydrogen-bond acceptors (Lipinski definition) is 18. The van der Waals surface area contributed by atoms with Crippen LogP contribution in [0.2, 0.25) is 0 Å². The summed E-state index contributed by atoms with van der Waals surface area (Å²) in [6.45, 7) is 1.58. The van der Waals surface area contributed by atoms with Gasteiger partial charge in [0.25, 0.3) is 0 Å². The molecule has 19 heteroatoms. The second kappa shape index (κ2) is 57.6. The zero-order valence-electron chi connectivity index (χ0n) is 59.1. The summed E-state index contributed by atoms with van der Waals surface area (Å²) in [5, 5.41) is 120. The molecule has 17 unspecified atom stereocenters. The molecular weight excluding hydrogens is 1230 g/mol. The Morgan fingerprint density at radius 1 is 0.385 bits per heavy atom. The molecule has 1 amide bonds. The van der Waals surface area contributed by atoms with Gasteiger partial charge in [-0.1, -0.05) is 266 Å². The number of ether oxygens (including phenoxy) is 6. The van der Waals surface area contributed by atoms with Gasteiger partial charge in [0.15, 0.2) is 18.9 Å². The van der Waals surface area contributed by atoms with Gasteiger partial charge in [-0.15, -0.1) is 0 Å². The first kappa shape index (κ1) is 87.2. The van der Waals surface area contributed by atoms with Gasteiger partial charge in [-0.2, -0.15) is 0 Å². The number of hydrogen-bond donors (Lipinski definition) is 12. The van der Waals surface area contributed by atoms with Gasteiger partial charge in [0, 0.05) is 6.42 Å². The summed E-state index contributed by atoms with van der Waals surface area (Å²) >= 11 is 0. The molecule has 556 valence electrons. The van der Waals surface area contributed by atoms with Crippen molar-refractivity contribution < 1.29 is 89.4 Å². The lowest BCUT2D eigenvalue weighted by molar-refractivity contribution is -0.379. The van der Waals surface area contributed by atoms with Gasteiger partial charge in [0.2, 0.25) is 5.91 Å². The van der Waals surface area contributed by atoms with E-state index in [1.54, 1.807) is 6.08 Å². The predicted molar refractivity (Wildman–Crippen MR) is 378 cm³/mol. The van der Waals surface area contributed by atoms with Crippen LogP contribution in [-0.4, -0.2) is 193 Å². The molecule has 0 bridgehead atoms. The van der Waals surface area contributed by atoms with E-state index in [2.05, 4.69) is 92.1 Å².